The molecule has 34 heavy (non-hydrogen) atoms. The maximum absolute atomic E-state index is 13.0. The molecule has 0 saturated carbocycles. The Bertz CT molecular complexity index is 1480. The van der Waals surface area contributed by atoms with Gasteiger partial charge in [-0.3, -0.25) is 9.59 Å². The third-order valence-corrected chi connectivity index (χ3v) is 6.38. The van der Waals surface area contributed by atoms with Gasteiger partial charge in [-0.1, -0.05) is 55.0 Å². The number of hydrogen-bond acceptors (Lipinski definition) is 7. The molecule has 4 rings (SSSR count). The molecule has 0 radical (unpaired) electrons. The molecule has 0 atom stereocenters. The van der Waals surface area contributed by atoms with E-state index in [4.69, 9.17) is 21.1 Å². The van der Waals surface area contributed by atoms with Crippen molar-refractivity contribution in [3.63, 3.8) is 0 Å². The predicted molar refractivity (Wildman–Crippen MR) is 134 cm³/mol. The van der Waals surface area contributed by atoms with Crippen LogP contribution in [-0.4, -0.2) is 28.3 Å². The van der Waals surface area contributed by atoms with Gasteiger partial charge in [0.2, 0.25) is 4.96 Å². The Labute approximate surface area is 205 Å². The number of ether oxygens (including phenoxy) is 2. The SMILES string of the molecule is COc1cc(/C=c2\sc3nc(=O)c(Cc4ccc(Cl)cc4)nn3c2=O)ccc1OCCC(C)C. The molecule has 7 nitrogen and oxygen atoms in total. The van der Waals surface area contributed by atoms with Crippen molar-refractivity contribution >= 4 is 34.0 Å². The van der Waals surface area contributed by atoms with Gasteiger partial charge in [0, 0.05) is 11.4 Å². The molecule has 0 amide bonds. The van der Waals surface area contributed by atoms with Crippen LogP contribution in [0.3, 0.4) is 0 Å². The van der Waals surface area contributed by atoms with E-state index in [1.165, 1.54) is 4.52 Å². The molecule has 0 aliphatic carbocycles. The van der Waals surface area contributed by atoms with Crippen molar-refractivity contribution in [3.8, 4) is 11.5 Å². The first-order chi connectivity index (χ1) is 16.3. The molecular formula is C25H24ClN3O4S. The smallest absolute Gasteiger partial charge is 0.296 e. The number of benzene rings is 2. The fraction of sp³-hybridized carbons (Fsp3) is 0.280. The van der Waals surface area contributed by atoms with Gasteiger partial charge in [0.1, 0.15) is 5.69 Å². The number of thiazole rings is 1. The van der Waals surface area contributed by atoms with Crippen LogP contribution in [0.25, 0.3) is 11.0 Å². The number of hydrogen-bond donors (Lipinski definition) is 0. The van der Waals surface area contributed by atoms with Crippen molar-refractivity contribution in [2.45, 2.75) is 26.7 Å². The molecule has 2 aromatic carbocycles. The van der Waals surface area contributed by atoms with Gasteiger partial charge in [0.05, 0.1) is 18.2 Å². The first-order valence-corrected chi connectivity index (χ1v) is 12.0. The van der Waals surface area contributed by atoms with Crippen LogP contribution in [0.5, 0.6) is 11.5 Å². The third-order valence-electron chi connectivity index (χ3n) is 5.17. The maximum Gasteiger partial charge on any atom is 0.296 e. The molecule has 2 aromatic heterocycles. The van der Waals surface area contributed by atoms with E-state index in [0.717, 1.165) is 28.9 Å². The standard InChI is InChI=1S/C25H24ClN3O4S/c1-15(2)10-11-33-20-9-6-17(13-21(20)32-3)14-22-24(31)29-25(34-22)27-23(30)19(28-29)12-16-4-7-18(26)8-5-16/h4-9,13-15H,10-12H2,1-3H3/b22-14-. The highest BCUT2D eigenvalue weighted by molar-refractivity contribution is 7.15. The highest BCUT2D eigenvalue weighted by atomic mass is 35.5. The number of methoxy groups -OCH3 is 1. The van der Waals surface area contributed by atoms with Crippen LogP contribution in [0, 0.1) is 5.92 Å². The molecule has 0 saturated heterocycles. The largest absolute Gasteiger partial charge is 0.493 e. The van der Waals surface area contributed by atoms with Crippen molar-refractivity contribution < 1.29 is 9.47 Å². The van der Waals surface area contributed by atoms with Crippen molar-refractivity contribution in [1.82, 2.24) is 14.6 Å². The second kappa shape index (κ2) is 10.4. The molecule has 0 unspecified atom stereocenters. The molecule has 0 aliphatic heterocycles. The molecule has 0 spiro atoms. The number of rotatable bonds is 8. The Hall–Kier alpha value is -3.23. The van der Waals surface area contributed by atoms with Gasteiger partial charge in [-0.2, -0.15) is 14.6 Å². The second-order valence-electron chi connectivity index (χ2n) is 8.22. The number of halogens is 1. The Kier molecular flexibility index (Phi) is 7.29. The summed E-state index contributed by atoms with van der Waals surface area (Å²) in [5, 5.41) is 4.90. The summed E-state index contributed by atoms with van der Waals surface area (Å²) in [6.07, 6.45) is 2.93. The highest BCUT2D eigenvalue weighted by Crippen LogP contribution is 2.28. The summed E-state index contributed by atoms with van der Waals surface area (Å²) in [7, 11) is 1.58. The van der Waals surface area contributed by atoms with E-state index < -0.39 is 5.56 Å². The quantitative estimate of drug-likeness (QED) is 0.369. The summed E-state index contributed by atoms with van der Waals surface area (Å²) in [6, 6.07) is 12.6. The summed E-state index contributed by atoms with van der Waals surface area (Å²) in [6.45, 7) is 4.88. The van der Waals surface area contributed by atoms with E-state index in [1.807, 2.05) is 30.3 Å². The molecule has 0 N–H and O–H groups in total. The van der Waals surface area contributed by atoms with Gasteiger partial charge in [0.25, 0.3) is 11.1 Å². The molecular weight excluding hydrogens is 474 g/mol. The summed E-state index contributed by atoms with van der Waals surface area (Å²) in [5.74, 6) is 1.78. The predicted octanol–water partition coefficient (Wildman–Crippen LogP) is 3.74. The third kappa shape index (κ3) is 5.46. The van der Waals surface area contributed by atoms with Crippen molar-refractivity contribution in [1.29, 1.82) is 0 Å². The molecule has 9 heteroatoms. The summed E-state index contributed by atoms with van der Waals surface area (Å²) >= 11 is 7.04. The number of aromatic nitrogens is 3. The van der Waals surface area contributed by atoms with Gasteiger partial charge in [0.15, 0.2) is 11.5 Å². The minimum atomic E-state index is -0.452. The summed E-state index contributed by atoms with van der Waals surface area (Å²) in [4.78, 5) is 29.8. The Morgan fingerprint density at radius 3 is 2.59 bits per heavy atom. The molecule has 0 fully saturated rings. The van der Waals surface area contributed by atoms with E-state index in [2.05, 4.69) is 23.9 Å². The first-order valence-electron chi connectivity index (χ1n) is 10.8. The number of fused-ring (bicyclic) bond motifs is 1. The van der Waals surface area contributed by atoms with Crippen LogP contribution in [0.1, 0.15) is 37.1 Å². The molecule has 4 aromatic rings. The van der Waals surface area contributed by atoms with Gasteiger partial charge >= 0.3 is 0 Å². The lowest BCUT2D eigenvalue weighted by molar-refractivity contribution is 0.273. The number of nitrogens with zero attached hydrogens (tertiary/aromatic N) is 3. The minimum Gasteiger partial charge on any atom is -0.493 e. The van der Waals surface area contributed by atoms with Crippen molar-refractivity contribution in [2.24, 2.45) is 5.92 Å². The fourth-order valence-corrected chi connectivity index (χ4v) is 4.33. The van der Waals surface area contributed by atoms with E-state index in [-0.39, 0.29) is 22.6 Å². The molecule has 2 heterocycles. The zero-order valence-electron chi connectivity index (χ0n) is 19.1. The average Bonchev–Trinajstić information content (AvgIpc) is 3.10. The molecule has 0 aliphatic rings. The van der Waals surface area contributed by atoms with E-state index in [9.17, 15) is 9.59 Å². The zero-order chi connectivity index (χ0) is 24.2. The molecule has 0 bridgehead atoms. The lowest BCUT2D eigenvalue weighted by atomic mass is 10.1. The van der Waals surface area contributed by atoms with Crippen LogP contribution in [-0.2, 0) is 6.42 Å². The van der Waals surface area contributed by atoms with Crippen LogP contribution in [0.2, 0.25) is 5.02 Å². The van der Waals surface area contributed by atoms with Crippen molar-refractivity contribution in [2.75, 3.05) is 13.7 Å². The lowest BCUT2D eigenvalue weighted by Crippen LogP contribution is -2.28. The topological polar surface area (TPSA) is 82.8 Å². The highest BCUT2D eigenvalue weighted by Gasteiger charge is 2.12. The van der Waals surface area contributed by atoms with Crippen LogP contribution >= 0.6 is 22.9 Å². The maximum atomic E-state index is 13.0. The van der Waals surface area contributed by atoms with E-state index >= 15 is 0 Å². The fourth-order valence-electron chi connectivity index (χ4n) is 3.30. The lowest BCUT2D eigenvalue weighted by Gasteiger charge is -2.12. The Morgan fingerprint density at radius 1 is 1.12 bits per heavy atom. The molecule has 176 valence electrons. The summed E-state index contributed by atoms with van der Waals surface area (Å²) in [5.41, 5.74) is 1.04. The normalized spacial score (nSPS) is 12.0. The van der Waals surface area contributed by atoms with Crippen LogP contribution in [0.15, 0.2) is 52.1 Å². The van der Waals surface area contributed by atoms with Gasteiger partial charge < -0.3 is 9.47 Å². The monoisotopic (exact) mass is 497 g/mol. The van der Waals surface area contributed by atoms with E-state index in [0.29, 0.717) is 33.6 Å². The Morgan fingerprint density at radius 2 is 1.88 bits per heavy atom. The van der Waals surface area contributed by atoms with E-state index in [1.54, 1.807) is 25.3 Å². The Balaban J connectivity index is 1.66. The summed E-state index contributed by atoms with van der Waals surface area (Å²) < 4.78 is 12.9. The van der Waals surface area contributed by atoms with Gasteiger partial charge in [-0.05, 0) is 53.8 Å². The van der Waals surface area contributed by atoms with Gasteiger partial charge in [-0.15, -0.1) is 0 Å². The van der Waals surface area contributed by atoms with Crippen LogP contribution in [0.4, 0.5) is 0 Å². The zero-order valence-corrected chi connectivity index (χ0v) is 20.7. The average molecular weight is 498 g/mol. The van der Waals surface area contributed by atoms with Crippen LogP contribution < -0.4 is 25.1 Å². The minimum absolute atomic E-state index is 0.200. The first kappa shape index (κ1) is 23.9. The van der Waals surface area contributed by atoms with Crippen molar-refractivity contribution in [3.05, 3.63) is 89.5 Å². The van der Waals surface area contributed by atoms with Gasteiger partial charge in [-0.25, -0.2) is 0 Å². The second-order valence-corrected chi connectivity index (χ2v) is 9.66.